The fourth-order valence-corrected chi connectivity index (χ4v) is 2.25. The number of aliphatic hydroxyl groups is 1. The number of nitrogens with zero attached hydrogens (tertiary/aromatic N) is 3. The van der Waals surface area contributed by atoms with Gasteiger partial charge in [0.1, 0.15) is 0 Å². The molecule has 7 nitrogen and oxygen atoms in total. The molecule has 0 fully saturated rings. The van der Waals surface area contributed by atoms with Crippen molar-refractivity contribution in [2.45, 2.75) is 6.04 Å². The molecule has 0 unspecified atom stereocenters. The van der Waals surface area contributed by atoms with Crippen LogP contribution in [0.25, 0.3) is 5.82 Å². The summed E-state index contributed by atoms with van der Waals surface area (Å²) in [6.07, 6.45) is 4.87. The first-order chi connectivity index (χ1) is 11.8. The standard InChI is InChI=1S/C17H17N5O2/c23-12-15(13-6-2-1-3-7-13)21-17(24)20-14-10-19-22(11-14)16-8-4-5-9-18-16/h1-11,15,23H,12H2,(H2,20,21,24)/t15-/m1/s1. The third-order valence-electron chi connectivity index (χ3n) is 3.41. The molecular weight excluding hydrogens is 306 g/mol. The third kappa shape index (κ3) is 3.76. The van der Waals surface area contributed by atoms with Gasteiger partial charge < -0.3 is 15.7 Å². The van der Waals surface area contributed by atoms with Crippen molar-refractivity contribution >= 4 is 11.7 Å². The Morgan fingerprint density at radius 1 is 1.17 bits per heavy atom. The van der Waals surface area contributed by atoms with Crippen molar-refractivity contribution in [1.82, 2.24) is 20.1 Å². The molecule has 1 aromatic carbocycles. The highest BCUT2D eigenvalue weighted by molar-refractivity contribution is 5.89. The molecule has 0 aliphatic rings. The van der Waals surface area contributed by atoms with Crippen LogP contribution in [-0.2, 0) is 0 Å². The molecule has 3 N–H and O–H groups in total. The molecule has 122 valence electrons. The summed E-state index contributed by atoms with van der Waals surface area (Å²) in [4.78, 5) is 16.3. The summed E-state index contributed by atoms with van der Waals surface area (Å²) < 4.78 is 1.57. The van der Waals surface area contributed by atoms with E-state index in [1.807, 2.05) is 48.5 Å². The number of hydrogen-bond donors (Lipinski definition) is 3. The van der Waals surface area contributed by atoms with Gasteiger partial charge in [-0.1, -0.05) is 36.4 Å². The minimum Gasteiger partial charge on any atom is -0.394 e. The molecule has 0 radical (unpaired) electrons. The number of benzene rings is 1. The highest BCUT2D eigenvalue weighted by Gasteiger charge is 2.14. The van der Waals surface area contributed by atoms with Crippen LogP contribution in [-0.4, -0.2) is 32.5 Å². The Labute approximate surface area is 139 Å². The Morgan fingerprint density at radius 2 is 1.96 bits per heavy atom. The Bertz CT molecular complexity index is 789. The third-order valence-corrected chi connectivity index (χ3v) is 3.41. The molecule has 7 heteroatoms. The molecule has 3 aromatic rings. The van der Waals surface area contributed by atoms with Gasteiger partial charge in [-0.15, -0.1) is 0 Å². The highest BCUT2D eigenvalue weighted by atomic mass is 16.3. The number of nitrogens with one attached hydrogen (secondary N) is 2. The minimum atomic E-state index is -0.475. The maximum atomic E-state index is 12.1. The van der Waals surface area contributed by atoms with E-state index in [1.54, 1.807) is 17.1 Å². The first-order valence-electron chi connectivity index (χ1n) is 7.45. The molecular formula is C17H17N5O2. The number of amides is 2. The summed E-state index contributed by atoms with van der Waals surface area (Å²) in [5.74, 6) is 0.656. The number of hydrogen-bond acceptors (Lipinski definition) is 4. The molecule has 24 heavy (non-hydrogen) atoms. The summed E-state index contributed by atoms with van der Waals surface area (Å²) >= 11 is 0. The minimum absolute atomic E-state index is 0.190. The molecule has 2 heterocycles. The number of carbonyl (C=O) groups excluding carboxylic acids is 1. The van der Waals surface area contributed by atoms with E-state index in [4.69, 9.17) is 0 Å². The summed E-state index contributed by atoms with van der Waals surface area (Å²) in [7, 11) is 0. The van der Waals surface area contributed by atoms with E-state index in [0.717, 1.165) is 5.56 Å². The number of rotatable bonds is 5. The van der Waals surface area contributed by atoms with Crippen molar-refractivity contribution in [2.75, 3.05) is 11.9 Å². The van der Waals surface area contributed by atoms with Crippen LogP contribution in [0.3, 0.4) is 0 Å². The van der Waals surface area contributed by atoms with Gasteiger partial charge in [-0.3, -0.25) is 0 Å². The lowest BCUT2D eigenvalue weighted by Gasteiger charge is -2.16. The second-order valence-corrected chi connectivity index (χ2v) is 5.11. The van der Waals surface area contributed by atoms with Gasteiger partial charge in [0.15, 0.2) is 5.82 Å². The normalized spacial score (nSPS) is 11.7. The van der Waals surface area contributed by atoms with Crippen LogP contribution in [0.2, 0.25) is 0 Å². The predicted octanol–water partition coefficient (Wildman–Crippen LogP) is 2.12. The topological polar surface area (TPSA) is 92.1 Å². The Morgan fingerprint density at radius 3 is 2.67 bits per heavy atom. The van der Waals surface area contributed by atoms with E-state index in [2.05, 4.69) is 20.7 Å². The van der Waals surface area contributed by atoms with Crippen LogP contribution in [0.1, 0.15) is 11.6 Å². The van der Waals surface area contributed by atoms with Crippen LogP contribution in [0.15, 0.2) is 67.1 Å². The fraction of sp³-hybridized carbons (Fsp3) is 0.118. The monoisotopic (exact) mass is 323 g/mol. The molecule has 2 amide bonds. The van der Waals surface area contributed by atoms with E-state index in [1.165, 1.54) is 6.20 Å². The quantitative estimate of drug-likeness (QED) is 0.670. The number of aliphatic hydroxyl groups excluding tert-OH is 1. The average molecular weight is 323 g/mol. The van der Waals surface area contributed by atoms with E-state index < -0.39 is 12.1 Å². The van der Waals surface area contributed by atoms with E-state index in [9.17, 15) is 9.90 Å². The van der Waals surface area contributed by atoms with Crippen molar-refractivity contribution in [3.63, 3.8) is 0 Å². The van der Waals surface area contributed by atoms with Gasteiger partial charge in [0.2, 0.25) is 0 Å². The maximum absolute atomic E-state index is 12.1. The second kappa shape index (κ2) is 7.38. The van der Waals surface area contributed by atoms with Crippen molar-refractivity contribution in [2.24, 2.45) is 0 Å². The van der Waals surface area contributed by atoms with Crippen LogP contribution < -0.4 is 10.6 Å². The largest absolute Gasteiger partial charge is 0.394 e. The first-order valence-corrected chi connectivity index (χ1v) is 7.45. The molecule has 2 aromatic heterocycles. The summed E-state index contributed by atoms with van der Waals surface area (Å²) in [6.45, 7) is -0.190. The van der Waals surface area contributed by atoms with Crippen LogP contribution in [0.4, 0.5) is 10.5 Å². The SMILES string of the molecule is O=C(Nc1cnn(-c2ccccn2)c1)N[C@H](CO)c1ccccc1. The Kier molecular flexibility index (Phi) is 4.83. The average Bonchev–Trinajstić information content (AvgIpc) is 3.09. The van der Waals surface area contributed by atoms with Crippen LogP contribution in [0.5, 0.6) is 0 Å². The zero-order chi connectivity index (χ0) is 16.8. The lowest BCUT2D eigenvalue weighted by molar-refractivity contribution is 0.225. The van der Waals surface area contributed by atoms with Gasteiger partial charge in [-0.2, -0.15) is 5.10 Å². The zero-order valence-corrected chi connectivity index (χ0v) is 12.8. The van der Waals surface area contributed by atoms with Crippen LogP contribution in [0, 0.1) is 0 Å². The van der Waals surface area contributed by atoms with E-state index in [-0.39, 0.29) is 6.61 Å². The number of urea groups is 1. The molecule has 0 aliphatic heterocycles. The van der Waals surface area contributed by atoms with Gasteiger partial charge >= 0.3 is 6.03 Å². The summed E-state index contributed by atoms with van der Waals surface area (Å²) in [6, 6.07) is 13.9. The van der Waals surface area contributed by atoms with Gasteiger partial charge in [0, 0.05) is 6.20 Å². The van der Waals surface area contributed by atoms with Crippen molar-refractivity contribution in [3.05, 3.63) is 72.7 Å². The fourth-order valence-electron chi connectivity index (χ4n) is 2.25. The summed E-state index contributed by atoms with van der Waals surface area (Å²) in [5.41, 5.74) is 1.36. The van der Waals surface area contributed by atoms with Gasteiger partial charge in [0.05, 0.1) is 30.7 Å². The van der Waals surface area contributed by atoms with Gasteiger partial charge in [-0.05, 0) is 17.7 Å². The molecule has 0 bridgehead atoms. The predicted molar refractivity (Wildman–Crippen MR) is 89.8 cm³/mol. The first kappa shape index (κ1) is 15.7. The lowest BCUT2D eigenvalue weighted by atomic mass is 10.1. The molecule has 0 spiro atoms. The highest BCUT2D eigenvalue weighted by Crippen LogP contribution is 2.13. The number of aromatic nitrogens is 3. The van der Waals surface area contributed by atoms with E-state index >= 15 is 0 Å². The van der Waals surface area contributed by atoms with Gasteiger partial charge in [-0.25, -0.2) is 14.5 Å². The van der Waals surface area contributed by atoms with Crippen molar-refractivity contribution < 1.29 is 9.90 Å². The maximum Gasteiger partial charge on any atom is 0.319 e. The molecule has 0 saturated carbocycles. The number of anilines is 1. The summed E-state index contributed by atoms with van der Waals surface area (Å²) in [5, 5.41) is 19.1. The van der Waals surface area contributed by atoms with Crippen LogP contribution >= 0.6 is 0 Å². The van der Waals surface area contributed by atoms with E-state index in [0.29, 0.717) is 11.5 Å². The second-order valence-electron chi connectivity index (χ2n) is 5.11. The van der Waals surface area contributed by atoms with Crippen molar-refractivity contribution in [1.29, 1.82) is 0 Å². The number of pyridine rings is 1. The molecule has 3 rings (SSSR count). The number of carbonyl (C=O) groups is 1. The smallest absolute Gasteiger partial charge is 0.319 e. The Balaban J connectivity index is 1.64. The lowest BCUT2D eigenvalue weighted by Crippen LogP contribution is -2.34. The molecule has 0 saturated heterocycles. The molecule has 0 aliphatic carbocycles. The van der Waals surface area contributed by atoms with Gasteiger partial charge in [0.25, 0.3) is 0 Å². The zero-order valence-electron chi connectivity index (χ0n) is 12.8. The molecule has 1 atom stereocenters. The Hall–Kier alpha value is -3.19. The van der Waals surface area contributed by atoms with Crippen molar-refractivity contribution in [3.8, 4) is 5.82 Å².